The molecule has 1 N–H and O–H groups in total. The minimum Gasteiger partial charge on any atom is -0.493 e. The van der Waals surface area contributed by atoms with E-state index in [4.69, 9.17) is 26.6 Å². The fraction of sp³-hybridized carbons (Fsp3) is 0.625. The number of benzene rings is 1. The van der Waals surface area contributed by atoms with Crippen molar-refractivity contribution in [3.8, 4) is 17.2 Å². The van der Waals surface area contributed by atoms with Crippen LogP contribution >= 0.6 is 0 Å². The van der Waals surface area contributed by atoms with E-state index in [-0.39, 0.29) is 0 Å². The van der Waals surface area contributed by atoms with Crippen molar-refractivity contribution in [2.45, 2.75) is 77.8 Å². The third kappa shape index (κ3) is 10.9. The second kappa shape index (κ2) is 12.9. The van der Waals surface area contributed by atoms with E-state index in [0.717, 1.165) is 11.6 Å². The molecule has 0 aliphatic heterocycles. The number of hydrogen-bond donors (Lipinski definition) is 1. The number of hydrogen-bond acceptors (Lipinski definition) is 7. The largest absolute Gasteiger partial charge is 0.493 e. The van der Waals surface area contributed by atoms with Crippen LogP contribution in [0, 0.1) is 0 Å². The van der Waals surface area contributed by atoms with E-state index in [1.54, 1.807) is 26.4 Å². The molecule has 0 aromatic heterocycles. The molecule has 206 valence electrons. The lowest BCUT2D eigenvalue weighted by molar-refractivity contribution is -0.131. The Morgan fingerprint density at radius 2 is 1.28 bits per heavy atom. The molecular weight excluding hydrogens is 529 g/mol. The van der Waals surface area contributed by atoms with Gasteiger partial charge < -0.3 is 31.7 Å². The summed E-state index contributed by atoms with van der Waals surface area (Å²) in [6.07, 6.45) is 3.98. The SMILES string of the molecule is COc1cc(/C=C/C(=O)O)c(CCC[Si](O[Si](C)(C)C)(O[Si](C)(C)C)O[Si](C)(C)C)c(OC)c1OC. The van der Waals surface area contributed by atoms with Gasteiger partial charge >= 0.3 is 14.8 Å². The van der Waals surface area contributed by atoms with Gasteiger partial charge in [-0.3, -0.25) is 0 Å². The van der Waals surface area contributed by atoms with Crippen LogP contribution in [0.5, 0.6) is 17.2 Å². The van der Waals surface area contributed by atoms with Crippen molar-refractivity contribution in [1.82, 2.24) is 0 Å². The number of aliphatic carboxylic acids is 1. The molecule has 0 amide bonds. The van der Waals surface area contributed by atoms with Crippen LogP contribution in [0.4, 0.5) is 0 Å². The summed E-state index contributed by atoms with van der Waals surface area (Å²) in [6, 6.07) is 2.43. The molecule has 0 bridgehead atoms. The van der Waals surface area contributed by atoms with E-state index in [1.165, 1.54) is 7.11 Å². The van der Waals surface area contributed by atoms with E-state index < -0.39 is 39.7 Å². The number of rotatable bonds is 15. The van der Waals surface area contributed by atoms with Crippen molar-refractivity contribution in [3.63, 3.8) is 0 Å². The van der Waals surface area contributed by atoms with Crippen LogP contribution in [0.2, 0.25) is 65.0 Å². The Morgan fingerprint density at radius 1 is 0.806 bits per heavy atom. The van der Waals surface area contributed by atoms with Crippen LogP contribution in [0.3, 0.4) is 0 Å². The predicted molar refractivity (Wildman–Crippen MR) is 155 cm³/mol. The Morgan fingerprint density at radius 3 is 1.64 bits per heavy atom. The summed E-state index contributed by atoms with van der Waals surface area (Å²) in [4.78, 5) is 11.3. The molecule has 0 heterocycles. The molecule has 0 unspecified atom stereocenters. The van der Waals surface area contributed by atoms with Gasteiger partial charge in [0.25, 0.3) is 0 Å². The van der Waals surface area contributed by atoms with Crippen molar-refractivity contribution in [1.29, 1.82) is 0 Å². The third-order valence-corrected chi connectivity index (χ3v) is 16.7. The molecule has 36 heavy (non-hydrogen) atoms. The van der Waals surface area contributed by atoms with Gasteiger partial charge in [-0.25, -0.2) is 4.79 Å². The highest BCUT2D eigenvalue weighted by atomic mass is 28.5. The molecule has 0 aliphatic rings. The van der Waals surface area contributed by atoms with Crippen LogP contribution < -0.4 is 14.2 Å². The summed E-state index contributed by atoms with van der Waals surface area (Å²) in [5.41, 5.74) is 1.53. The lowest BCUT2D eigenvalue weighted by atomic mass is 10.00. The first-order chi connectivity index (χ1) is 16.4. The van der Waals surface area contributed by atoms with Crippen molar-refractivity contribution < 1.29 is 36.5 Å². The summed E-state index contributed by atoms with van der Waals surface area (Å²) in [5, 5.41) is 9.22. The molecule has 0 spiro atoms. The molecule has 0 saturated carbocycles. The van der Waals surface area contributed by atoms with Gasteiger partial charge in [-0.1, -0.05) is 0 Å². The Hall–Kier alpha value is -1.42. The standard InChI is InChI=1S/C24H46O8Si4/c1-27-21-18-19(15-16-22(25)26)20(23(28-2)24(21)29-3)14-13-17-36(30-33(4,5)6,31-34(7,8)9)32-35(10,11)12/h15-16,18H,13-14,17H2,1-12H3,(H,25,26)/b16-15+. The van der Waals surface area contributed by atoms with Crippen LogP contribution in [0.15, 0.2) is 12.1 Å². The van der Waals surface area contributed by atoms with Gasteiger partial charge in [0.1, 0.15) is 0 Å². The van der Waals surface area contributed by atoms with E-state index in [1.807, 2.05) is 0 Å². The zero-order chi connectivity index (χ0) is 27.9. The Balaban J connectivity index is 3.52. The van der Waals surface area contributed by atoms with Gasteiger partial charge in [-0.05, 0) is 89.5 Å². The Bertz CT molecular complexity index is 874. The zero-order valence-corrected chi connectivity index (χ0v) is 28.2. The summed E-state index contributed by atoms with van der Waals surface area (Å²) >= 11 is 0. The van der Waals surface area contributed by atoms with E-state index in [0.29, 0.717) is 41.7 Å². The maximum absolute atomic E-state index is 11.3. The van der Waals surface area contributed by atoms with Gasteiger partial charge in [0.15, 0.2) is 36.5 Å². The van der Waals surface area contributed by atoms with Crippen LogP contribution in [-0.2, 0) is 23.6 Å². The maximum Gasteiger partial charge on any atom is 0.469 e. The Kier molecular flexibility index (Phi) is 11.7. The van der Waals surface area contributed by atoms with Gasteiger partial charge in [0.05, 0.1) is 21.3 Å². The molecule has 0 saturated heterocycles. The number of carboxylic acid groups (broad SMARTS) is 1. The third-order valence-electron chi connectivity index (χ3n) is 4.67. The minimum absolute atomic E-state index is 0.470. The first kappa shape index (κ1) is 32.6. The summed E-state index contributed by atoms with van der Waals surface area (Å²) in [7, 11) is -4.29. The van der Waals surface area contributed by atoms with Crippen LogP contribution in [0.1, 0.15) is 17.5 Å². The van der Waals surface area contributed by atoms with E-state index in [9.17, 15) is 9.90 Å². The quantitative estimate of drug-likeness (QED) is 0.194. The topological polar surface area (TPSA) is 92.7 Å². The lowest BCUT2D eigenvalue weighted by Gasteiger charge is -2.43. The fourth-order valence-electron chi connectivity index (χ4n) is 3.90. The van der Waals surface area contributed by atoms with Crippen LogP contribution in [0.25, 0.3) is 6.08 Å². The molecular formula is C24H46O8Si4. The summed E-state index contributed by atoms with van der Waals surface area (Å²) in [5.74, 6) is 0.438. The second-order valence-electron chi connectivity index (χ2n) is 11.6. The van der Waals surface area contributed by atoms with Crippen LogP contribution in [-0.4, -0.2) is 66.2 Å². The molecule has 0 atom stereocenters. The van der Waals surface area contributed by atoms with Crippen molar-refractivity contribution in [2.24, 2.45) is 0 Å². The first-order valence-corrected chi connectivity index (χ1v) is 24.3. The van der Waals surface area contributed by atoms with E-state index in [2.05, 4.69) is 58.9 Å². The fourth-order valence-corrected chi connectivity index (χ4v) is 18.6. The second-order valence-corrected chi connectivity index (χ2v) is 28.6. The Labute approximate surface area is 221 Å². The average Bonchev–Trinajstić information content (AvgIpc) is 2.67. The summed E-state index contributed by atoms with van der Waals surface area (Å²) in [6.45, 7) is 19.5. The average molecular weight is 575 g/mol. The molecule has 0 fully saturated rings. The highest BCUT2D eigenvalue weighted by molar-refractivity contribution is 6.90. The molecule has 0 radical (unpaired) electrons. The van der Waals surface area contributed by atoms with Crippen molar-refractivity contribution in [3.05, 3.63) is 23.3 Å². The maximum atomic E-state index is 11.3. The zero-order valence-electron chi connectivity index (χ0n) is 24.2. The molecule has 1 rings (SSSR count). The first-order valence-electron chi connectivity index (χ1n) is 12.2. The van der Waals surface area contributed by atoms with Gasteiger partial charge in [0, 0.05) is 17.7 Å². The highest BCUT2D eigenvalue weighted by Gasteiger charge is 2.49. The molecule has 1 aromatic carbocycles. The van der Waals surface area contributed by atoms with Gasteiger partial charge in [-0.2, -0.15) is 0 Å². The molecule has 0 aliphatic carbocycles. The highest BCUT2D eigenvalue weighted by Crippen LogP contribution is 2.43. The summed E-state index contributed by atoms with van der Waals surface area (Å²) < 4.78 is 37.2. The minimum atomic E-state index is -3.00. The van der Waals surface area contributed by atoms with Gasteiger partial charge in [0.2, 0.25) is 5.75 Å². The van der Waals surface area contributed by atoms with Crippen molar-refractivity contribution >= 4 is 45.8 Å². The van der Waals surface area contributed by atoms with Gasteiger partial charge in [-0.15, -0.1) is 0 Å². The number of methoxy groups -OCH3 is 3. The van der Waals surface area contributed by atoms with Crippen molar-refractivity contribution in [2.75, 3.05) is 21.3 Å². The molecule has 8 nitrogen and oxygen atoms in total. The predicted octanol–water partition coefficient (Wildman–Crippen LogP) is 6.24. The number of ether oxygens (including phenoxy) is 3. The molecule has 12 heteroatoms. The smallest absolute Gasteiger partial charge is 0.469 e. The van der Waals surface area contributed by atoms with E-state index >= 15 is 0 Å². The lowest BCUT2D eigenvalue weighted by Crippen LogP contribution is -2.60. The monoisotopic (exact) mass is 574 g/mol. The number of carbonyl (C=O) groups is 1. The molecule has 1 aromatic rings. The number of carboxylic acids is 1. The normalized spacial score (nSPS) is 13.2.